The fraction of sp³-hybridized carbons (Fsp3) is 0.136. The van der Waals surface area contributed by atoms with E-state index >= 15 is 0 Å². The van der Waals surface area contributed by atoms with Crippen molar-refractivity contribution < 1.29 is 26.4 Å². The van der Waals surface area contributed by atoms with Crippen molar-refractivity contribution in [2.45, 2.75) is 22.9 Å². The molecule has 0 saturated heterocycles. The van der Waals surface area contributed by atoms with Crippen molar-refractivity contribution in [2.75, 3.05) is 0 Å². The van der Waals surface area contributed by atoms with Gasteiger partial charge in [0.25, 0.3) is 0 Å². The first-order chi connectivity index (χ1) is 16.4. The molecule has 2 aromatic carbocycles. The van der Waals surface area contributed by atoms with E-state index in [0.717, 1.165) is 6.21 Å². The van der Waals surface area contributed by atoms with Gasteiger partial charge in [-0.1, -0.05) is 58.2 Å². The molecule has 0 aliphatic heterocycles. The SMILES string of the molecule is N#Cc1ncc(C(F)(F)F)cc1S(=O)(=O)C(/C=N/OCc1c(Cl)cccc1Cl)c1ccc(Cl)cc1. The van der Waals surface area contributed by atoms with E-state index in [1.54, 1.807) is 18.2 Å². The fourth-order valence-corrected chi connectivity index (χ4v) is 5.20. The molecule has 6 nitrogen and oxygen atoms in total. The normalized spacial score (nSPS) is 12.9. The van der Waals surface area contributed by atoms with E-state index in [0.29, 0.717) is 32.9 Å². The average molecular weight is 563 g/mol. The van der Waals surface area contributed by atoms with Gasteiger partial charge in [0.15, 0.2) is 15.5 Å². The highest BCUT2D eigenvalue weighted by Gasteiger charge is 2.36. The van der Waals surface area contributed by atoms with Gasteiger partial charge in [-0.25, -0.2) is 13.4 Å². The second-order valence-electron chi connectivity index (χ2n) is 6.93. The molecule has 3 rings (SSSR count). The van der Waals surface area contributed by atoms with Gasteiger partial charge in [0.2, 0.25) is 0 Å². The number of pyridine rings is 1. The standard InChI is InChI=1S/C22H13Cl3F3N3O3S/c23-15-6-4-13(5-7-15)21(11-31-34-12-16-17(24)2-1-3-18(16)25)35(32,33)20-8-14(22(26,27)28)10-30-19(20)9-29/h1-8,10-11,21H,12H2/b31-11+. The largest absolute Gasteiger partial charge is 0.417 e. The first-order valence-corrected chi connectivity index (χ1v) is 12.2. The summed E-state index contributed by atoms with van der Waals surface area (Å²) < 4.78 is 66.6. The molecule has 0 aliphatic carbocycles. The summed E-state index contributed by atoms with van der Waals surface area (Å²) in [6.45, 7) is -0.211. The molecule has 3 aromatic rings. The Bertz CT molecular complexity index is 1390. The second-order valence-corrected chi connectivity index (χ2v) is 10.2. The van der Waals surface area contributed by atoms with Crippen molar-refractivity contribution >= 4 is 50.9 Å². The number of sulfone groups is 1. The second kappa shape index (κ2) is 10.8. The molecule has 0 aliphatic rings. The third-order valence-corrected chi connectivity index (χ3v) is 7.61. The maximum absolute atomic E-state index is 13.5. The Morgan fingerprint density at radius 2 is 1.74 bits per heavy atom. The summed E-state index contributed by atoms with van der Waals surface area (Å²) in [6, 6.07) is 12.1. The van der Waals surface area contributed by atoms with Crippen molar-refractivity contribution in [3.8, 4) is 6.07 Å². The lowest BCUT2D eigenvalue weighted by Crippen LogP contribution is -2.19. The van der Waals surface area contributed by atoms with Crippen LogP contribution in [-0.2, 0) is 27.5 Å². The number of benzene rings is 2. The Labute approximate surface area is 213 Å². The molecule has 1 heterocycles. The molecule has 0 saturated carbocycles. The molecule has 0 radical (unpaired) electrons. The van der Waals surface area contributed by atoms with Crippen LogP contribution in [0.2, 0.25) is 15.1 Å². The van der Waals surface area contributed by atoms with Gasteiger partial charge in [-0.2, -0.15) is 18.4 Å². The van der Waals surface area contributed by atoms with Gasteiger partial charge >= 0.3 is 6.18 Å². The molecule has 1 aromatic heterocycles. The van der Waals surface area contributed by atoms with Crippen molar-refractivity contribution in [2.24, 2.45) is 5.16 Å². The van der Waals surface area contributed by atoms with Crippen molar-refractivity contribution in [1.29, 1.82) is 5.26 Å². The molecule has 1 atom stereocenters. The Balaban J connectivity index is 2.04. The van der Waals surface area contributed by atoms with Crippen molar-refractivity contribution in [1.82, 2.24) is 4.98 Å². The third-order valence-electron chi connectivity index (χ3n) is 4.67. The molecule has 35 heavy (non-hydrogen) atoms. The first-order valence-electron chi connectivity index (χ1n) is 9.50. The van der Waals surface area contributed by atoms with Gasteiger partial charge in [-0.05, 0) is 35.9 Å². The Morgan fingerprint density at radius 1 is 1.11 bits per heavy atom. The smallest absolute Gasteiger partial charge is 0.391 e. The van der Waals surface area contributed by atoms with E-state index in [2.05, 4.69) is 10.1 Å². The number of aromatic nitrogens is 1. The number of halogens is 6. The van der Waals surface area contributed by atoms with E-state index in [9.17, 15) is 26.9 Å². The average Bonchev–Trinajstić information content (AvgIpc) is 2.80. The molecule has 182 valence electrons. The first kappa shape index (κ1) is 26.8. The molecular formula is C22H13Cl3F3N3O3S. The lowest BCUT2D eigenvalue weighted by atomic mass is 10.2. The van der Waals surface area contributed by atoms with Gasteiger partial charge in [-0.3, -0.25) is 0 Å². The highest BCUT2D eigenvalue weighted by Crippen LogP contribution is 2.35. The van der Waals surface area contributed by atoms with Crippen LogP contribution in [0.3, 0.4) is 0 Å². The summed E-state index contributed by atoms with van der Waals surface area (Å²) >= 11 is 18.0. The van der Waals surface area contributed by atoms with E-state index in [1.165, 1.54) is 30.3 Å². The molecule has 0 fully saturated rings. The Morgan fingerprint density at radius 3 is 2.31 bits per heavy atom. The minimum absolute atomic E-state index is 0.110. The van der Waals surface area contributed by atoms with E-state index in [4.69, 9.17) is 39.6 Å². The molecule has 0 bridgehead atoms. The van der Waals surface area contributed by atoms with Gasteiger partial charge < -0.3 is 4.84 Å². The lowest BCUT2D eigenvalue weighted by molar-refractivity contribution is -0.138. The monoisotopic (exact) mass is 561 g/mol. The Hall–Kier alpha value is -2.84. The van der Waals surface area contributed by atoms with Crippen molar-refractivity contribution in [3.05, 3.63) is 92.2 Å². The van der Waals surface area contributed by atoms with Crippen LogP contribution in [0.4, 0.5) is 13.2 Å². The van der Waals surface area contributed by atoms with Crippen LogP contribution in [0.15, 0.2) is 64.8 Å². The molecule has 0 N–H and O–H groups in total. The summed E-state index contributed by atoms with van der Waals surface area (Å²) in [7, 11) is -4.66. The highest BCUT2D eigenvalue weighted by atomic mass is 35.5. The number of hydrogen-bond donors (Lipinski definition) is 0. The summed E-state index contributed by atoms with van der Waals surface area (Å²) in [5.41, 5.74) is -1.52. The van der Waals surface area contributed by atoms with Crippen LogP contribution in [-0.4, -0.2) is 19.6 Å². The topological polar surface area (TPSA) is 92.4 Å². The molecule has 1 unspecified atom stereocenters. The van der Waals surface area contributed by atoms with Gasteiger partial charge in [-0.15, -0.1) is 0 Å². The van der Waals surface area contributed by atoms with Crippen LogP contribution >= 0.6 is 34.8 Å². The number of hydrogen-bond acceptors (Lipinski definition) is 6. The molecule has 0 amide bonds. The summed E-state index contributed by atoms with van der Waals surface area (Å²) in [5, 5.41) is 12.2. The molecule has 13 heteroatoms. The number of rotatable bonds is 7. The lowest BCUT2D eigenvalue weighted by Gasteiger charge is -2.16. The Kier molecular flexibility index (Phi) is 8.28. The van der Waals surface area contributed by atoms with E-state index in [1.807, 2.05) is 0 Å². The van der Waals surface area contributed by atoms with Gasteiger partial charge in [0, 0.05) is 26.8 Å². The zero-order chi connectivity index (χ0) is 25.8. The summed E-state index contributed by atoms with van der Waals surface area (Å²) in [4.78, 5) is 7.65. The maximum atomic E-state index is 13.5. The predicted octanol–water partition coefficient (Wildman–Crippen LogP) is 6.65. The summed E-state index contributed by atoms with van der Waals surface area (Å²) in [5.74, 6) is 0. The number of nitrogens with zero attached hydrogens (tertiary/aromatic N) is 3. The fourth-order valence-electron chi connectivity index (χ4n) is 2.91. The molecule has 0 spiro atoms. The van der Waals surface area contributed by atoms with Crippen LogP contribution in [0.1, 0.15) is 27.6 Å². The van der Waals surface area contributed by atoms with Crippen LogP contribution in [0.5, 0.6) is 0 Å². The number of oxime groups is 1. The zero-order valence-corrected chi connectivity index (χ0v) is 20.4. The number of nitriles is 1. The van der Waals surface area contributed by atoms with Crippen molar-refractivity contribution in [3.63, 3.8) is 0 Å². The minimum Gasteiger partial charge on any atom is -0.391 e. The third kappa shape index (κ3) is 6.24. The quantitative estimate of drug-likeness (QED) is 0.237. The van der Waals surface area contributed by atoms with Gasteiger partial charge in [0.05, 0.1) is 11.8 Å². The van der Waals surface area contributed by atoms with Crippen LogP contribution in [0, 0.1) is 11.3 Å². The summed E-state index contributed by atoms with van der Waals surface area (Å²) in [6.07, 6.45) is -3.61. The van der Waals surface area contributed by atoms with E-state index in [-0.39, 0.29) is 12.2 Å². The maximum Gasteiger partial charge on any atom is 0.417 e. The zero-order valence-electron chi connectivity index (χ0n) is 17.3. The minimum atomic E-state index is -4.88. The van der Waals surface area contributed by atoms with E-state index < -0.39 is 37.4 Å². The number of alkyl halides is 3. The van der Waals surface area contributed by atoms with Crippen LogP contribution in [0.25, 0.3) is 0 Å². The van der Waals surface area contributed by atoms with Gasteiger partial charge in [0.1, 0.15) is 22.8 Å². The highest BCUT2D eigenvalue weighted by molar-refractivity contribution is 7.92. The predicted molar refractivity (Wildman–Crippen MR) is 125 cm³/mol. The van der Waals surface area contributed by atoms with Crippen LogP contribution < -0.4 is 0 Å². The molecular weight excluding hydrogens is 550 g/mol.